The summed E-state index contributed by atoms with van der Waals surface area (Å²) in [5.74, 6) is 0.0442. The van der Waals surface area contributed by atoms with Crippen LogP contribution in [0.2, 0.25) is 0 Å². The van der Waals surface area contributed by atoms with Crippen LogP contribution < -0.4 is 4.74 Å². The van der Waals surface area contributed by atoms with Gasteiger partial charge in [-0.25, -0.2) is 4.79 Å². The van der Waals surface area contributed by atoms with Crippen LogP contribution in [0.3, 0.4) is 0 Å². The third-order valence-electron chi connectivity index (χ3n) is 2.57. The summed E-state index contributed by atoms with van der Waals surface area (Å²) < 4.78 is 5.29. The summed E-state index contributed by atoms with van der Waals surface area (Å²) in [6.07, 6.45) is 1.15. The molecule has 0 amide bonds. The van der Waals surface area contributed by atoms with Crippen LogP contribution in [0.25, 0.3) is 11.1 Å². The van der Waals surface area contributed by atoms with Gasteiger partial charge in [0.25, 0.3) is 0 Å². The zero-order valence-corrected chi connectivity index (χ0v) is 10.5. The van der Waals surface area contributed by atoms with Gasteiger partial charge in [-0.2, -0.15) is 0 Å². The number of carbonyl (C=O) groups is 1. The van der Waals surface area contributed by atoms with E-state index in [0.717, 1.165) is 17.2 Å². The first-order valence-corrected chi connectivity index (χ1v) is 5.96. The van der Waals surface area contributed by atoms with Crippen LogP contribution in [0, 0.1) is 0 Å². The van der Waals surface area contributed by atoms with Crippen LogP contribution in [0.1, 0.15) is 0 Å². The van der Waals surface area contributed by atoms with Crippen molar-refractivity contribution in [2.75, 3.05) is 0 Å². The molecule has 0 fully saturated rings. The lowest BCUT2D eigenvalue weighted by Gasteiger charge is -2.07. The zero-order valence-electron chi connectivity index (χ0n) is 10.5. The van der Waals surface area contributed by atoms with Gasteiger partial charge in [-0.05, 0) is 11.6 Å². The quantitative estimate of drug-likeness (QED) is 0.594. The van der Waals surface area contributed by atoms with Gasteiger partial charge in [-0.3, -0.25) is 0 Å². The SMILES string of the molecule is C=CC(=O)Oc1cccccc2ccccccc1-2. The first-order valence-electron chi connectivity index (χ1n) is 5.96. The number of hydrogen-bond acceptors (Lipinski definition) is 2. The van der Waals surface area contributed by atoms with Gasteiger partial charge in [0.2, 0.25) is 0 Å². The minimum absolute atomic E-state index is 0.467. The molecule has 2 aliphatic rings. The summed E-state index contributed by atoms with van der Waals surface area (Å²) in [4.78, 5) is 11.4. The average molecular weight is 250 g/mol. The monoisotopic (exact) mass is 250 g/mol. The number of rotatable bonds is 2. The standard InChI is InChI=1S/C17H14O2/c1-2-17(18)19-16-13-9-5-7-11-14-10-6-3-4-8-12-15(14)16/h2-13H,1H2. The highest BCUT2D eigenvalue weighted by Gasteiger charge is 2.06. The molecule has 0 aliphatic heterocycles. The maximum absolute atomic E-state index is 11.4. The van der Waals surface area contributed by atoms with Crippen molar-refractivity contribution in [3.8, 4) is 16.9 Å². The van der Waals surface area contributed by atoms with E-state index in [2.05, 4.69) is 6.58 Å². The molecule has 94 valence electrons. The molecule has 0 saturated heterocycles. The van der Waals surface area contributed by atoms with Crippen LogP contribution >= 0.6 is 0 Å². The molecule has 0 aromatic rings. The molecular formula is C17H14O2. The number of carbonyl (C=O) groups excluding carboxylic acids is 1. The second kappa shape index (κ2) is 6.36. The molecule has 0 aromatic heterocycles. The molecule has 0 radical (unpaired) electrons. The molecule has 2 nitrogen and oxygen atoms in total. The van der Waals surface area contributed by atoms with Gasteiger partial charge in [-0.1, -0.05) is 67.2 Å². The fourth-order valence-electron chi connectivity index (χ4n) is 1.69. The maximum atomic E-state index is 11.4. The van der Waals surface area contributed by atoms with Gasteiger partial charge >= 0.3 is 5.97 Å². The lowest BCUT2D eigenvalue weighted by atomic mass is 10.1. The Morgan fingerprint density at radius 1 is 0.895 bits per heavy atom. The topological polar surface area (TPSA) is 26.3 Å². The Bertz CT molecular complexity index is 612. The van der Waals surface area contributed by atoms with E-state index in [-0.39, 0.29) is 0 Å². The lowest BCUT2D eigenvalue weighted by molar-refractivity contribution is -0.128. The van der Waals surface area contributed by atoms with Gasteiger partial charge < -0.3 is 4.74 Å². The van der Waals surface area contributed by atoms with Gasteiger partial charge in [0.15, 0.2) is 0 Å². The number of fused-ring (bicyclic) bond motifs is 1. The summed E-state index contributed by atoms with van der Waals surface area (Å²) in [6.45, 7) is 3.41. The second-order valence-corrected chi connectivity index (χ2v) is 3.87. The summed E-state index contributed by atoms with van der Waals surface area (Å²) in [5, 5.41) is 0. The second-order valence-electron chi connectivity index (χ2n) is 3.87. The van der Waals surface area contributed by atoms with Crippen molar-refractivity contribution >= 4 is 5.97 Å². The molecule has 0 N–H and O–H groups in total. The van der Waals surface area contributed by atoms with Gasteiger partial charge in [0.05, 0.1) is 0 Å². The summed E-state index contributed by atoms with van der Waals surface area (Å²) in [5.41, 5.74) is 1.84. The van der Waals surface area contributed by atoms with Crippen molar-refractivity contribution in [2.45, 2.75) is 0 Å². The Kier molecular flexibility index (Phi) is 4.29. The van der Waals surface area contributed by atoms with E-state index >= 15 is 0 Å². The minimum atomic E-state index is -0.467. The third-order valence-corrected chi connectivity index (χ3v) is 2.57. The number of hydrogen-bond donors (Lipinski definition) is 0. The Morgan fingerprint density at radius 2 is 1.47 bits per heavy atom. The molecule has 0 atom stereocenters. The summed E-state index contributed by atoms with van der Waals surface area (Å²) in [7, 11) is 0. The van der Waals surface area contributed by atoms with Crippen LogP contribution in [0.4, 0.5) is 0 Å². The fraction of sp³-hybridized carbons (Fsp3) is 0. The number of ether oxygens (including phenoxy) is 1. The Hall–Kier alpha value is -2.61. The van der Waals surface area contributed by atoms with Crippen LogP contribution in [-0.4, -0.2) is 5.97 Å². The highest BCUT2D eigenvalue weighted by molar-refractivity contribution is 5.85. The highest BCUT2D eigenvalue weighted by Crippen LogP contribution is 2.28. The first-order chi connectivity index (χ1) is 9.31. The van der Waals surface area contributed by atoms with Crippen molar-refractivity contribution < 1.29 is 9.53 Å². The minimum Gasteiger partial charge on any atom is -0.423 e. The molecule has 0 saturated carbocycles. The summed E-state index contributed by atoms with van der Waals surface area (Å²) in [6, 6.07) is 21.0. The molecular weight excluding hydrogens is 236 g/mol. The van der Waals surface area contributed by atoms with Crippen molar-refractivity contribution in [3.05, 3.63) is 79.4 Å². The van der Waals surface area contributed by atoms with E-state index in [1.54, 1.807) is 6.07 Å². The molecule has 0 spiro atoms. The Labute approximate surface area is 112 Å². The predicted molar refractivity (Wildman–Crippen MR) is 76.5 cm³/mol. The van der Waals surface area contributed by atoms with E-state index in [1.807, 2.05) is 60.7 Å². The molecule has 0 heterocycles. The van der Waals surface area contributed by atoms with Crippen molar-refractivity contribution in [2.24, 2.45) is 0 Å². The summed E-state index contributed by atoms with van der Waals surface area (Å²) >= 11 is 0. The Morgan fingerprint density at radius 3 is 2.16 bits per heavy atom. The third kappa shape index (κ3) is 3.42. The molecule has 2 rings (SSSR count). The first kappa shape index (κ1) is 12.8. The van der Waals surface area contributed by atoms with E-state index < -0.39 is 5.97 Å². The molecule has 2 aliphatic carbocycles. The highest BCUT2D eigenvalue weighted by atomic mass is 16.5. The van der Waals surface area contributed by atoms with Gasteiger partial charge in [0, 0.05) is 11.6 Å². The van der Waals surface area contributed by atoms with Crippen molar-refractivity contribution in [3.63, 3.8) is 0 Å². The van der Waals surface area contributed by atoms with E-state index in [4.69, 9.17) is 4.74 Å². The zero-order chi connectivity index (χ0) is 13.5. The smallest absolute Gasteiger partial charge is 0.335 e. The Balaban J connectivity index is 2.66. The van der Waals surface area contributed by atoms with Crippen molar-refractivity contribution in [1.29, 1.82) is 0 Å². The van der Waals surface area contributed by atoms with Crippen molar-refractivity contribution in [1.82, 2.24) is 0 Å². The predicted octanol–water partition coefficient (Wildman–Crippen LogP) is 4.01. The van der Waals surface area contributed by atoms with Gasteiger partial charge in [-0.15, -0.1) is 0 Å². The molecule has 0 aromatic carbocycles. The van der Waals surface area contributed by atoms with E-state index in [0.29, 0.717) is 5.75 Å². The molecule has 19 heavy (non-hydrogen) atoms. The number of esters is 1. The largest absolute Gasteiger partial charge is 0.423 e. The normalized spacial score (nSPS) is 9.47. The van der Waals surface area contributed by atoms with Crippen LogP contribution in [0.5, 0.6) is 5.75 Å². The van der Waals surface area contributed by atoms with Crippen LogP contribution in [-0.2, 0) is 4.79 Å². The van der Waals surface area contributed by atoms with Gasteiger partial charge in [0.1, 0.15) is 5.75 Å². The maximum Gasteiger partial charge on any atom is 0.335 e. The molecule has 0 unspecified atom stereocenters. The molecule has 2 heteroatoms. The van der Waals surface area contributed by atoms with E-state index in [9.17, 15) is 4.79 Å². The fourth-order valence-corrected chi connectivity index (χ4v) is 1.69. The average Bonchev–Trinajstić information content (AvgIpc) is 2.37. The lowest BCUT2D eigenvalue weighted by Crippen LogP contribution is -2.03. The van der Waals surface area contributed by atoms with Crippen LogP contribution in [0.15, 0.2) is 79.4 Å². The van der Waals surface area contributed by atoms with E-state index in [1.165, 1.54) is 0 Å². The molecule has 0 bridgehead atoms.